The number of aryl methyl sites for hydroxylation is 2. The van der Waals surface area contributed by atoms with Crippen LogP contribution in [0.2, 0.25) is 0 Å². The molecule has 0 bridgehead atoms. The Bertz CT molecular complexity index is 1460. The number of ether oxygens (including phenoxy) is 1. The van der Waals surface area contributed by atoms with Gasteiger partial charge in [0.05, 0.1) is 0 Å². The molecule has 0 atom stereocenters. The van der Waals surface area contributed by atoms with Crippen molar-refractivity contribution in [3.8, 4) is 16.9 Å². The zero-order valence-electron chi connectivity index (χ0n) is 17.5. The molecule has 1 aromatic heterocycles. The van der Waals surface area contributed by atoms with E-state index in [-0.39, 0.29) is 5.63 Å². The normalized spacial score (nSPS) is 11.2. The predicted octanol–water partition coefficient (Wildman–Crippen LogP) is 6.81. The Balaban J connectivity index is 1.56. The molecule has 0 aliphatic heterocycles. The van der Waals surface area contributed by atoms with Crippen molar-refractivity contribution in [1.29, 1.82) is 0 Å². The minimum absolute atomic E-state index is 0.364. The second-order valence-electron chi connectivity index (χ2n) is 7.78. The van der Waals surface area contributed by atoms with Gasteiger partial charge >= 0.3 is 5.63 Å². The van der Waals surface area contributed by atoms with E-state index >= 15 is 0 Å². The monoisotopic (exact) mass is 406 g/mol. The molecule has 0 aliphatic rings. The molecular formula is C28H22O3. The lowest BCUT2D eigenvalue weighted by Crippen LogP contribution is -2.03. The first-order chi connectivity index (χ1) is 15.1. The summed E-state index contributed by atoms with van der Waals surface area (Å²) in [5.41, 5.74) is 5.23. The Morgan fingerprint density at radius 2 is 1.58 bits per heavy atom. The topological polar surface area (TPSA) is 39.4 Å². The second-order valence-corrected chi connectivity index (χ2v) is 7.78. The zero-order chi connectivity index (χ0) is 21.4. The summed E-state index contributed by atoms with van der Waals surface area (Å²) in [6.07, 6.45) is 0. The lowest BCUT2D eigenvalue weighted by Gasteiger charge is -2.15. The summed E-state index contributed by atoms with van der Waals surface area (Å²) < 4.78 is 11.8. The van der Waals surface area contributed by atoms with Crippen molar-refractivity contribution in [3.63, 3.8) is 0 Å². The van der Waals surface area contributed by atoms with Gasteiger partial charge in [-0.05, 0) is 53.4 Å². The molecule has 0 saturated heterocycles. The van der Waals surface area contributed by atoms with Gasteiger partial charge in [-0.2, -0.15) is 0 Å². The van der Waals surface area contributed by atoms with E-state index in [1.165, 1.54) is 16.3 Å². The molecule has 0 unspecified atom stereocenters. The standard InChI is InChI=1S/C28H22O3/c1-18-12-13-21-10-6-7-11-22(21)25(18)17-30-26-15-14-23-24(20-8-4-3-5-9-20)16-27(29)31-28(23)19(26)2/h3-16H,17H2,1-2H3. The molecule has 31 heavy (non-hydrogen) atoms. The third-order valence-electron chi connectivity index (χ3n) is 5.84. The quantitative estimate of drug-likeness (QED) is 0.308. The van der Waals surface area contributed by atoms with Gasteiger partial charge in [0.1, 0.15) is 17.9 Å². The number of hydrogen-bond donors (Lipinski definition) is 0. The molecule has 0 radical (unpaired) electrons. The van der Waals surface area contributed by atoms with E-state index in [9.17, 15) is 4.79 Å². The van der Waals surface area contributed by atoms with Crippen LogP contribution >= 0.6 is 0 Å². The van der Waals surface area contributed by atoms with E-state index < -0.39 is 0 Å². The van der Waals surface area contributed by atoms with E-state index in [2.05, 4.69) is 31.2 Å². The molecule has 4 aromatic carbocycles. The molecule has 5 aromatic rings. The molecule has 0 saturated carbocycles. The van der Waals surface area contributed by atoms with Crippen LogP contribution in [0, 0.1) is 13.8 Å². The third-order valence-corrected chi connectivity index (χ3v) is 5.84. The van der Waals surface area contributed by atoms with Crippen LogP contribution in [0.5, 0.6) is 5.75 Å². The van der Waals surface area contributed by atoms with Crippen molar-refractivity contribution in [2.45, 2.75) is 20.5 Å². The lowest BCUT2D eigenvalue weighted by atomic mass is 9.99. The molecule has 0 N–H and O–H groups in total. The van der Waals surface area contributed by atoms with Crippen LogP contribution in [0.25, 0.3) is 32.9 Å². The maximum atomic E-state index is 12.3. The molecule has 152 valence electrons. The molecule has 0 spiro atoms. The largest absolute Gasteiger partial charge is 0.488 e. The van der Waals surface area contributed by atoms with Gasteiger partial charge in [-0.15, -0.1) is 0 Å². The molecule has 3 heteroatoms. The summed E-state index contributed by atoms with van der Waals surface area (Å²) in [6, 6.07) is 28.0. The number of fused-ring (bicyclic) bond motifs is 2. The summed E-state index contributed by atoms with van der Waals surface area (Å²) in [6.45, 7) is 4.48. The SMILES string of the molecule is Cc1ccc2ccccc2c1COc1ccc2c(-c3ccccc3)cc(=O)oc2c1C. The van der Waals surface area contributed by atoms with E-state index in [0.29, 0.717) is 17.9 Å². The van der Waals surface area contributed by atoms with E-state index in [1.807, 2.05) is 61.5 Å². The number of benzene rings is 4. The summed E-state index contributed by atoms with van der Waals surface area (Å²) in [7, 11) is 0. The number of hydrogen-bond acceptors (Lipinski definition) is 3. The molecule has 5 rings (SSSR count). The number of rotatable bonds is 4. The van der Waals surface area contributed by atoms with Crippen LogP contribution in [0.3, 0.4) is 0 Å². The Morgan fingerprint density at radius 3 is 2.42 bits per heavy atom. The van der Waals surface area contributed by atoms with Crippen molar-refractivity contribution >= 4 is 21.7 Å². The molecule has 1 heterocycles. The highest BCUT2D eigenvalue weighted by Crippen LogP contribution is 2.34. The third kappa shape index (κ3) is 3.49. The summed E-state index contributed by atoms with van der Waals surface area (Å²) in [5, 5.41) is 3.29. The van der Waals surface area contributed by atoms with Gasteiger partial charge in [0, 0.05) is 22.6 Å². The Kier molecular flexibility index (Phi) is 4.79. The first-order valence-corrected chi connectivity index (χ1v) is 10.3. The maximum Gasteiger partial charge on any atom is 0.336 e. The Morgan fingerprint density at radius 1 is 0.806 bits per heavy atom. The molecule has 3 nitrogen and oxygen atoms in total. The summed E-state index contributed by atoms with van der Waals surface area (Å²) in [4.78, 5) is 12.3. The lowest BCUT2D eigenvalue weighted by molar-refractivity contribution is 0.304. The van der Waals surface area contributed by atoms with E-state index in [1.54, 1.807) is 6.07 Å². The summed E-state index contributed by atoms with van der Waals surface area (Å²) >= 11 is 0. The van der Waals surface area contributed by atoms with Gasteiger partial charge < -0.3 is 9.15 Å². The van der Waals surface area contributed by atoms with Crippen LogP contribution in [-0.2, 0) is 6.61 Å². The highest BCUT2D eigenvalue weighted by molar-refractivity contribution is 5.95. The van der Waals surface area contributed by atoms with Gasteiger partial charge in [0.25, 0.3) is 0 Å². The molecule has 0 aliphatic carbocycles. The van der Waals surface area contributed by atoms with Crippen molar-refractivity contribution in [2.24, 2.45) is 0 Å². The molecular weight excluding hydrogens is 384 g/mol. The zero-order valence-corrected chi connectivity index (χ0v) is 17.5. The van der Waals surface area contributed by atoms with Gasteiger partial charge in [0.2, 0.25) is 0 Å². The van der Waals surface area contributed by atoms with E-state index in [4.69, 9.17) is 9.15 Å². The molecule has 0 fully saturated rings. The first-order valence-electron chi connectivity index (χ1n) is 10.3. The fraction of sp³-hybridized carbons (Fsp3) is 0.107. The average Bonchev–Trinajstić information content (AvgIpc) is 2.80. The Labute approximate surface area is 180 Å². The first kappa shape index (κ1) is 19.1. The highest BCUT2D eigenvalue weighted by atomic mass is 16.5. The van der Waals surface area contributed by atoms with Crippen LogP contribution < -0.4 is 10.4 Å². The van der Waals surface area contributed by atoms with Gasteiger partial charge in [-0.25, -0.2) is 4.79 Å². The highest BCUT2D eigenvalue weighted by Gasteiger charge is 2.14. The minimum Gasteiger partial charge on any atom is -0.488 e. The van der Waals surface area contributed by atoms with Crippen molar-refractivity contribution in [2.75, 3.05) is 0 Å². The average molecular weight is 406 g/mol. The van der Waals surface area contributed by atoms with Crippen molar-refractivity contribution in [3.05, 3.63) is 112 Å². The Hall–Kier alpha value is -3.85. The maximum absolute atomic E-state index is 12.3. The smallest absolute Gasteiger partial charge is 0.336 e. The minimum atomic E-state index is -0.364. The van der Waals surface area contributed by atoms with E-state index in [0.717, 1.165) is 27.6 Å². The van der Waals surface area contributed by atoms with Crippen LogP contribution in [0.1, 0.15) is 16.7 Å². The van der Waals surface area contributed by atoms with Crippen LogP contribution in [0.15, 0.2) is 94.1 Å². The van der Waals surface area contributed by atoms with Crippen molar-refractivity contribution < 1.29 is 9.15 Å². The fourth-order valence-electron chi connectivity index (χ4n) is 4.14. The van der Waals surface area contributed by atoms with Gasteiger partial charge in [0.15, 0.2) is 0 Å². The second kappa shape index (κ2) is 7.77. The predicted molar refractivity (Wildman–Crippen MR) is 126 cm³/mol. The van der Waals surface area contributed by atoms with Gasteiger partial charge in [-0.1, -0.05) is 66.7 Å². The van der Waals surface area contributed by atoms with Crippen LogP contribution in [-0.4, -0.2) is 0 Å². The summed E-state index contributed by atoms with van der Waals surface area (Å²) in [5.74, 6) is 0.716. The van der Waals surface area contributed by atoms with Crippen LogP contribution in [0.4, 0.5) is 0 Å². The fourth-order valence-corrected chi connectivity index (χ4v) is 4.14. The molecule has 0 amide bonds. The van der Waals surface area contributed by atoms with Gasteiger partial charge in [-0.3, -0.25) is 0 Å². The van der Waals surface area contributed by atoms with Crippen molar-refractivity contribution in [1.82, 2.24) is 0 Å².